The van der Waals surface area contributed by atoms with E-state index in [0.29, 0.717) is 18.1 Å². The van der Waals surface area contributed by atoms with Crippen LogP contribution < -0.4 is 4.90 Å². The predicted octanol–water partition coefficient (Wildman–Crippen LogP) is 5.27. The third kappa shape index (κ3) is 3.77. The first-order valence-electron chi connectivity index (χ1n) is 10.5. The second-order valence-corrected chi connectivity index (χ2v) is 8.29. The standard InChI is InChI=1S/C24H22N4O2S/c1-2-30-24(29)19-15-31-23(26-19)20-13-8-14-28(20)22-17-11-6-7-12-18(17)25-21(27-22)16-9-4-3-5-10-16/h3-7,9-12,15,20H,2,8,13-14H2,1H3. The molecule has 2 aromatic carbocycles. The van der Waals surface area contributed by atoms with Gasteiger partial charge in [0, 0.05) is 22.9 Å². The van der Waals surface area contributed by atoms with Gasteiger partial charge in [-0.2, -0.15) is 0 Å². The van der Waals surface area contributed by atoms with Gasteiger partial charge in [0.15, 0.2) is 11.5 Å². The highest BCUT2D eigenvalue weighted by Crippen LogP contribution is 2.39. The number of rotatable bonds is 5. The first-order chi connectivity index (χ1) is 15.2. The summed E-state index contributed by atoms with van der Waals surface area (Å²) in [6.07, 6.45) is 2.01. The summed E-state index contributed by atoms with van der Waals surface area (Å²) in [5.41, 5.74) is 2.29. The number of thiazole rings is 1. The molecule has 0 radical (unpaired) electrons. The third-order valence-electron chi connectivity index (χ3n) is 5.43. The topological polar surface area (TPSA) is 68.2 Å². The highest BCUT2D eigenvalue weighted by atomic mass is 32.1. The van der Waals surface area contributed by atoms with Crippen LogP contribution in [-0.2, 0) is 4.74 Å². The molecule has 3 heterocycles. The van der Waals surface area contributed by atoms with Crippen LogP contribution in [0, 0.1) is 0 Å². The van der Waals surface area contributed by atoms with Crippen molar-refractivity contribution in [3.8, 4) is 11.4 Å². The maximum Gasteiger partial charge on any atom is 0.357 e. The Morgan fingerprint density at radius 1 is 1.10 bits per heavy atom. The van der Waals surface area contributed by atoms with Crippen molar-refractivity contribution < 1.29 is 9.53 Å². The fraction of sp³-hybridized carbons (Fsp3) is 0.250. The van der Waals surface area contributed by atoms with Crippen molar-refractivity contribution >= 4 is 34.0 Å². The number of benzene rings is 2. The largest absolute Gasteiger partial charge is 0.461 e. The molecule has 1 atom stereocenters. The second-order valence-electron chi connectivity index (χ2n) is 7.40. The van der Waals surface area contributed by atoms with E-state index >= 15 is 0 Å². The van der Waals surface area contributed by atoms with Crippen LogP contribution in [0.4, 0.5) is 5.82 Å². The first kappa shape index (κ1) is 19.6. The molecule has 1 unspecified atom stereocenters. The van der Waals surface area contributed by atoms with Crippen LogP contribution in [0.5, 0.6) is 0 Å². The van der Waals surface area contributed by atoms with Gasteiger partial charge in [0.05, 0.1) is 18.2 Å². The van der Waals surface area contributed by atoms with Crippen LogP contribution in [0.15, 0.2) is 60.0 Å². The van der Waals surface area contributed by atoms with E-state index in [4.69, 9.17) is 14.7 Å². The summed E-state index contributed by atoms with van der Waals surface area (Å²) in [5.74, 6) is 1.26. The summed E-state index contributed by atoms with van der Waals surface area (Å²) in [6, 6.07) is 18.2. The van der Waals surface area contributed by atoms with Gasteiger partial charge in [-0.05, 0) is 31.9 Å². The molecular weight excluding hydrogens is 408 g/mol. The number of carbonyl (C=O) groups is 1. The Hall–Kier alpha value is -3.32. The van der Waals surface area contributed by atoms with Crippen molar-refractivity contribution in [1.29, 1.82) is 0 Å². The summed E-state index contributed by atoms with van der Waals surface area (Å²) in [7, 11) is 0. The second kappa shape index (κ2) is 8.43. The van der Waals surface area contributed by atoms with Gasteiger partial charge in [-0.25, -0.2) is 19.7 Å². The number of esters is 1. The molecule has 0 amide bonds. The number of ether oxygens (including phenoxy) is 1. The average Bonchev–Trinajstić information content (AvgIpc) is 3.49. The van der Waals surface area contributed by atoms with Gasteiger partial charge in [-0.15, -0.1) is 11.3 Å². The number of carbonyl (C=O) groups excluding carboxylic acids is 1. The average molecular weight is 431 g/mol. The van der Waals surface area contributed by atoms with Gasteiger partial charge in [0.1, 0.15) is 10.8 Å². The SMILES string of the molecule is CCOC(=O)c1csc(C2CCCN2c2nc(-c3ccccc3)nc3ccccc23)n1. The zero-order valence-electron chi connectivity index (χ0n) is 17.2. The Kier molecular flexibility index (Phi) is 5.34. The molecule has 0 spiro atoms. The minimum absolute atomic E-state index is 0.0788. The van der Waals surface area contributed by atoms with Crippen molar-refractivity contribution in [2.75, 3.05) is 18.1 Å². The molecular formula is C24H22N4O2S. The molecule has 31 heavy (non-hydrogen) atoms. The number of nitrogens with zero attached hydrogens (tertiary/aromatic N) is 4. The Bertz CT molecular complexity index is 1220. The molecule has 156 valence electrons. The molecule has 0 saturated carbocycles. The number of anilines is 1. The van der Waals surface area contributed by atoms with E-state index in [1.54, 1.807) is 12.3 Å². The Balaban J connectivity index is 1.57. The molecule has 1 saturated heterocycles. The number of para-hydroxylation sites is 1. The molecule has 0 aliphatic carbocycles. The van der Waals surface area contributed by atoms with E-state index in [1.807, 2.05) is 48.5 Å². The first-order valence-corrected chi connectivity index (χ1v) is 11.3. The van der Waals surface area contributed by atoms with Crippen LogP contribution in [-0.4, -0.2) is 34.1 Å². The van der Waals surface area contributed by atoms with Gasteiger partial charge >= 0.3 is 5.97 Å². The van der Waals surface area contributed by atoms with Crippen LogP contribution in [0.25, 0.3) is 22.3 Å². The van der Waals surface area contributed by atoms with E-state index in [1.165, 1.54) is 11.3 Å². The molecule has 1 fully saturated rings. The van der Waals surface area contributed by atoms with Crippen molar-refractivity contribution in [2.45, 2.75) is 25.8 Å². The zero-order valence-corrected chi connectivity index (χ0v) is 18.0. The third-order valence-corrected chi connectivity index (χ3v) is 6.38. The van der Waals surface area contributed by atoms with Crippen molar-refractivity contribution in [3.05, 3.63) is 70.7 Å². The Morgan fingerprint density at radius 3 is 2.74 bits per heavy atom. The minimum Gasteiger partial charge on any atom is -0.461 e. The maximum absolute atomic E-state index is 12.1. The van der Waals surface area contributed by atoms with Gasteiger partial charge in [0.2, 0.25) is 0 Å². The molecule has 5 rings (SSSR count). The summed E-state index contributed by atoms with van der Waals surface area (Å²) in [5, 5.41) is 3.73. The number of hydrogen-bond acceptors (Lipinski definition) is 7. The quantitative estimate of drug-likeness (QED) is 0.402. The molecule has 7 heteroatoms. The van der Waals surface area contributed by atoms with E-state index in [9.17, 15) is 4.79 Å². The lowest BCUT2D eigenvalue weighted by molar-refractivity contribution is 0.0520. The highest BCUT2D eigenvalue weighted by molar-refractivity contribution is 7.10. The molecule has 6 nitrogen and oxygen atoms in total. The molecule has 1 aliphatic heterocycles. The fourth-order valence-electron chi connectivity index (χ4n) is 4.01. The highest BCUT2D eigenvalue weighted by Gasteiger charge is 2.31. The molecule has 1 aliphatic rings. The Labute approximate surface area is 184 Å². The maximum atomic E-state index is 12.1. The summed E-state index contributed by atoms with van der Waals surface area (Å²) >= 11 is 1.51. The summed E-state index contributed by atoms with van der Waals surface area (Å²) in [6.45, 7) is 3.03. The van der Waals surface area contributed by atoms with Crippen LogP contribution >= 0.6 is 11.3 Å². The normalized spacial score (nSPS) is 16.0. The molecule has 2 aromatic heterocycles. The molecule has 4 aromatic rings. The predicted molar refractivity (Wildman–Crippen MR) is 122 cm³/mol. The lowest BCUT2D eigenvalue weighted by atomic mass is 10.1. The number of fused-ring (bicyclic) bond motifs is 1. The van der Waals surface area contributed by atoms with Gasteiger partial charge < -0.3 is 9.64 Å². The number of aromatic nitrogens is 3. The van der Waals surface area contributed by atoms with Crippen LogP contribution in [0.1, 0.15) is 41.3 Å². The molecule has 0 bridgehead atoms. The molecule has 0 N–H and O–H groups in total. The van der Waals surface area contributed by atoms with Crippen molar-refractivity contribution in [1.82, 2.24) is 15.0 Å². The lowest BCUT2D eigenvalue weighted by Crippen LogP contribution is -2.24. The summed E-state index contributed by atoms with van der Waals surface area (Å²) < 4.78 is 5.11. The van der Waals surface area contributed by atoms with E-state index in [2.05, 4.69) is 16.0 Å². The van der Waals surface area contributed by atoms with E-state index in [0.717, 1.165) is 46.7 Å². The van der Waals surface area contributed by atoms with Gasteiger partial charge in [0.25, 0.3) is 0 Å². The Morgan fingerprint density at radius 2 is 1.90 bits per heavy atom. The fourth-order valence-corrected chi connectivity index (χ4v) is 4.95. The smallest absolute Gasteiger partial charge is 0.357 e. The van der Waals surface area contributed by atoms with E-state index < -0.39 is 0 Å². The van der Waals surface area contributed by atoms with E-state index in [-0.39, 0.29) is 12.0 Å². The zero-order chi connectivity index (χ0) is 21.2. The van der Waals surface area contributed by atoms with Crippen molar-refractivity contribution in [3.63, 3.8) is 0 Å². The minimum atomic E-state index is -0.367. The van der Waals surface area contributed by atoms with Crippen LogP contribution in [0.2, 0.25) is 0 Å². The van der Waals surface area contributed by atoms with Gasteiger partial charge in [-0.3, -0.25) is 0 Å². The van der Waals surface area contributed by atoms with Crippen LogP contribution in [0.3, 0.4) is 0 Å². The summed E-state index contributed by atoms with van der Waals surface area (Å²) in [4.78, 5) is 28.8. The van der Waals surface area contributed by atoms with Crippen molar-refractivity contribution in [2.24, 2.45) is 0 Å². The monoisotopic (exact) mass is 430 g/mol. The van der Waals surface area contributed by atoms with Gasteiger partial charge in [-0.1, -0.05) is 42.5 Å². The number of hydrogen-bond donors (Lipinski definition) is 0. The lowest BCUT2D eigenvalue weighted by Gasteiger charge is -2.26.